The van der Waals surface area contributed by atoms with Gasteiger partial charge in [-0.25, -0.2) is 4.98 Å². The fraction of sp³-hybridized carbons (Fsp3) is 0.400. The number of nitrogens with zero attached hydrogens (tertiary/aromatic N) is 2. The van der Waals surface area contributed by atoms with Gasteiger partial charge in [0.1, 0.15) is 23.6 Å². The van der Waals surface area contributed by atoms with Crippen molar-refractivity contribution >= 4 is 0 Å². The Morgan fingerprint density at radius 3 is 2.93 bits per heavy atom. The third-order valence-electron chi connectivity index (χ3n) is 1.68. The second kappa shape index (κ2) is 5.20. The maximum Gasteiger partial charge on any atom is 0.140 e. The Morgan fingerprint density at radius 1 is 1.64 bits per heavy atom. The molecule has 0 bridgehead atoms. The van der Waals surface area contributed by atoms with Crippen LogP contribution in [0, 0.1) is 11.3 Å². The van der Waals surface area contributed by atoms with Gasteiger partial charge in [0, 0.05) is 6.54 Å². The smallest absolute Gasteiger partial charge is 0.140 e. The van der Waals surface area contributed by atoms with Gasteiger partial charge in [-0.05, 0) is 26.1 Å². The van der Waals surface area contributed by atoms with Crippen LogP contribution in [0.5, 0.6) is 5.75 Å². The Labute approximate surface area is 83.5 Å². The number of hydrogen-bond acceptors (Lipinski definition) is 4. The van der Waals surface area contributed by atoms with Crippen molar-refractivity contribution in [3.05, 3.63) is 24.0 Å². The van der Waals surface area contributed by atoms with Gasteiger partial charge < -0.3 is 10.1 Å². The van der Waals surface area contributed by atoms with Crippen LogP contribution in [0.4, 0.5) is 0 Å². The van der Waals surface area contributed by atoms with E-state index in [0.717, 1.165) is 6.54 Å². The molecule has 0 aliphatic rings. The van der Waals surface area contributed by atoms with Crippen molar-refractivity contribution < 1.29 is 4.74 Å². The Balaban J connectivity index is 2.56. The normalized spacial score (nSPS) is 11.8. The van der Waals surface area contributed by atoms with Crippen molar-refractivity contribution in [1.82, 2.24) is 10.3 Å². The minimum Gasteiger partial charge on any atom is -0.488 e. The van der Waals surface area contributed by atoms with Crippen LogP contribution in [0.25, 0.3) is 0 Å². The lowest BCUT2D eigenvalue weighted by Gasteiger charge is -2.13. The van der Waals surface area contributed by atoms with E-state index in [9.17, 15) is 0 Å². The lowest BCUT2D eigenvalue weighted by atomic mass is 10.3. The summed E-state index contributed by atoms with van der Waals surface area (Å²) in [7, 11) is 1.87. The number of hydrogen-bond donors (Lipinski definition) is 1. The highest BCUT2D eigenvalue weighted by molar-refractivity contribution is 5.26. The van der Waals surface area contributed by atoms with E-state index in [1.54, 1.807) is 18.3 Å². The molecule has 14 heavy (non-hydrogen) atoms. The zero-order valence-electron chi connectivity index (χ0n) is 8.32. The molecular formula is C10H13N3O. The monoisotopic (exact) mass is 191 g/mol. The molecule has 1 heterocycles. The molecule has 1 aromatic heterocycles. The van der Waals surface area contributed by atoms with E-state index in [1.165, 1.54) is 0 Å². The van der Waals surface area contributed by atoms with Crippen LogP contribution < -0.4 is 10.1 Å². The minimum absolute atomic E-state index is 0.0923. The fourth-order valence-corrected chi connectivity index (χ4v) is 1.08. The number of rotatable bonds is 4. The van der Waals surface area contributed by atoms with Gasteiger partial charge in [-0.3, -0.25) is 0 Å². The summed E-state index contributed by atoms with van der Waals surface area (Å²) < 4.78 is 5.52. The average molecular weight is 191 g/mol. The number of aromatic nitrogens is 1. The number of pyridine rings is 1. The fourth-order valence-electron chi connectivity index (χ4n) is 1.08. The van der Waals surface area contributed by atoms with Crippen LogP contribution in [0.2, 0.25) is 0 Å². The van der Waals surface area contributed by atoms with Crippen LogP contribution in [-0.4, -0.2) is 24.7 Å². The van der Waals surface area contributed by atoms with Crippen molar-refractivity contribution in [2.24, 2.45) is 0 Å². The van der Waals surface area contributed by atoms with Crippen LogP contribution in [-0.2, 0) is 0 Å². The van der Waals surface area contributed by atoms with E-state index in [0.29, 0.717) is 11.4 Å². The molecule has 0 amide bonds. The van der Waals surface area contributed by atoms with E-state index in [2.05, 4.69) is 10.3 Å². The average Bonchev–Trinajstić information content (AvgIpc) is 2.19. The van der Waals surface area contributed by atoms with Gasteiger partial charge in [0.25, 0.3) is 0 Å². The van der Waals surface area contributed by atoms with Crippen LogP contribution in [0.1, 0.15) is 12.6 Å². The van der Waals surface area contributed by atoms with Crippen LogP contribution in [0.3, 0.4) is 0 Å². The van der Waals surface area contributed by atoms with E-state index >= 15 is 0 Å². The molecule has 1 unspecified atom stereocenters. The van der Waals surface area contributed by atoms with Crippen molar-refractivity contribution in [1.29, 1.82) is 5.26 Å². The second-order valence-electron chi connectivity index (χ2n) is 2.98. The molecule has 4 nitrogen and oxygen atoms in total. The summed E-state index contributed by atoms with van der Waals surface area (Å²) in [6, 6.07) is 5.34. The molecule has 74 valence electrons. The largest absolute Gasteiger partial charge is 0.488 e. The minimum atomic E-state index is 0.0923. The van der Waals surface area contributed by atoms with E-state index in [-0.39, 0.29) is 6.10 Å². The Bertz CT molecular complexity index is 315. The molecule has 1 aromatic rings. The molecule has 0 fully saturated rings. The van der Waals surface area contributed by atoms with Gasteiger partial charge in [-0.2, -0.15) is 5.26 Å². The predicted octanol–water partition coefficient (Wildman–Crippen LogP) is 0.940. The summed E-state index contributed by atoms with van der Waals surface area (Å²) in [6.07, 6.45) is 1.65. The summed E-state index contributed by atoms with van der Waals surface area (Å²) >= 11 is 0. The van der Waals surface area contributed by atoms with E-state index in [1.807, 2.05) is 20.0 Å². The third-order valence-corrected chi connectivity index (χ3v) is 1.68. The molecule has 0 saturated heterocycles. The highest BCUT2D eigenvalue weighted by Gasteiger charge is 2.02. The molecule has 0 spiro atoms. The first-order valence-electron chi connectivity index (χ1n) is 4.43. The first-order valence-corrected chi connectivity index (χ1v) is 4.43. The number of likely N-dealkylation sites (N-methyl/N-ethyl adjacent to an activating group) is 1. The quantitative estimate of drug-likeness (QED) is 0.769. The number of ether oxygens (including phenoxy) is 1. The lowest BCUT2D eigenvalue weighted by molar-refractivity contribution is 0.220. The van der Waals surface area contributed by atoms with Crippen molar-refractivity contribution in [3.63, 3.8) is 0 Å². The molecular weight excluding hydrogens is 178 g/mol. The van der Waals surface area contributed by atoms with Gasteiger partial charge in [0.2, 0.25) is 0 Å². The Kier molecular flexibility index (Phi) is 3.89. The zero-order valence-corrected chi connectivity index (χ0v) is 8.32. The summed E-state index contributed by atoms with van der Waals surface area (Å²) in [5.41, 5.74) is 0.401. The van der Waals surface area contributed by atoms with E-state index < -0.39 is 0 Å². The summed E-state index contributed by atoms with van der Waals surface area (Å²) in [6.45, 7) is 2.74. The first kappa shape index (κ1) is 10.5. The third kappa shape index (κ3) is 3.04. The van der Waals surface area contributed by atoms with E-state index in [4.69, 9.17) is 10.00 Å². The summed E-state index contributed by atoms with van der Waals surface area (Å²) in [4.78, 5) is 3.90. The number of nitriles is 1. The molecule has 0 radical (unpaired) electrons. The standard InChI is InChI=1S/C10H13N3O/c1-8(6-12-2)14-10-4-3-9(5-11)13-7-10/h3-4,7-8,12H,6H2,1-2H3. The summed E-state index contributed by atoms with van der Waals surface area (Å²) in [5.74, 6) is 0.687. The van der Waals surface area contributed by atoms with Gasteiger partial charge in [-0.15, -0.1) is 0 Å². The van der Waals surface area contributed by atoms with Gasteiger partial charge in [-0.1, -0.05) is 0 Å². The second-order valence-corrected chi connectivity index (χ2v) is 2.98. The molecule has 0 aliphatic carbocycles. The lowest BCUT2D eigenvalue weighted by Crippen LogP contribution is -2.26. The SMILES string of the molecule is CNCC(C)Oc1ccc(C#N)nc1. The molecule has 4 heteroatoms. The zero-order chi connectivity index (χ0) is 10.4. The predicted molar refractivity (Wildman–Crippen MR) is 53.0 cm³/mol. The van der Waals surface area contributed by atoms with Gasteiger partial charge in [0.05, 0.1) is 6.20 Å². The molecule has 0 saturated carbocycles. The highest BCUT2D eigenvalue weighted by atomic mass is 16.5. The number of nitrogens with one attached hydrogen (secondary N) is 1. The highest BCUT2D eigenvalue weighted by Crippen LogP contribution is 2.10. The Hall–Kier alpha value is -1.60. The molecule has 1 N–H and O–H groups in total. The topological polar surface area (TPSA) is 57.9 Å². The maximum absolute atomic E-state index is 8.53. The molecule has 0 aliphatic heterocycles. The van der Waals surface area contributed by atoms with Crippen molar-refractivity contribution in [2.75, 3.05) is 13.6 Å². The molecule has 0 aromatic carbocycles. The van der Waals surface area contributed by atoms with Gasteiger partial charge >= 0.3 is 0 Å². The van der Waals surface area contributed by atoms with Crippen LogP contribution in [0.15, 0.2) is 18.3 Å². The van der Waals surface area contributed by atoms with Crippen molar-refractivity contribution in [3.8, 4) is 11.8 Å². The Morgan fingerprint density at radius 2 is 2.43 bits per heavy atom. The van der Waals surface area contributed by atoms with Crippen LogP contribution >= 0.6 is 0 Å². The summed E-state index contributed by atoms with van der Waals surface area (Å²) in [5, 5.41) is 11.5. The maximum atomic E-state index is 8.53. The first-order chi connectivity index (χ1) is 6.76. The molecule has 1 atom stereocenters. The van der Waals surface area contributed by atoms with Crippen molar-refractivity contribution in [2.45, 2.75) is 13.0 Å². The van der Waals surface area contributed by atoms with Gasteiger partial charge in [0.15, 0.2) is 0 Å². The molecule has 1 rings (SSSR count).